The lowest BCUT2D eigenvalue weighted by Crippen LogP contribution is -2.38. The van der Waals surface area contributed by atoms with Gasteiger partial charge in [-0.3, -0.25) is 14.5 Å². The van der Waals surface area contributed by atoms with Crippen LogP contribution in [-0.2, 0) is 7.05 Å². The first-order chi connectivity index (χ1) is 13.5. The van der Waals surface area contributed by atoms with Crippen molar-refractivity contribution >= 4 is 33.9 Å². The van der Waals surface area contributed by atoms with Gasteiger partial charge in [0.2, 0.25) is 0 Å². The molecule has 9 nitrogen and oxygen atoms in total. The molecule has 4 heterocycles. The van der Waals surface area contributed by atoms with Crippen molar-refractivity contribution in [3.05, 3.63) is 46.4 Å². The zero-order chi connectivity index (χ0) is 19.8. The van der Waals surface area contributed by atoms with Gasteiger partial charge < -0.3 is 21.7 Å². The number of nitrogens with one attached hydrogen (secondary N) is 1. The molecule has 2 aliphatic heterocycles. The first kappa shape index (κ1) is 18.4. The van der Waals surface area contributed by atoms with Gasteiger partial charge in [0.25, 0.3) is 5.91 Å². The summed E-state index contributed by atoms with van der Waals surface area (Å²) in [4.78, 5) is 23.6. The summed E-state index contributed by atoms with van der Waals surface area (Å²) in [5.74, 6) is 0.984. The van der Waals surface area contributed by atoms with Gasteiger partial charge in [0.1, 0.15) is 0 Å². The molecule has 0 radical (unpaired) electrons. The van der Waals surface area contributed by atoms with Gasteiger partial charge in [-0.1, -0.05) is 0 Å². The summed E-state index contributed by atoms with van der Waals surface area (Å²) in [5, 5.41) is 8.40. The number of hydrogen-bond acceptors (Lipinski definition) is 8. The third-order valence-electron chi connectivity index (χ3n) is 4.64. The summed E-state index contributed by atoms with van der Waals surface area (Å²) in [6, 6.07) is 1.96. The Balaban J connectivity index is 1.64. The summed E-state index contributed by atoms with van der Waals surface area (Å²) >= 11 is 1.31. The number of anilines is 1. The Morgan fingerprint density at radius 2 is 2.29 bits per heavy atom. The molecule has 5 N–H and O–H groups in total. The fourth-order valence-electron chi connectivity index (χ4n) is 3.36. The van der Waals surface area contributed by atoms with E-state index in [0.29, 0.717) is 30.2 Å². The van der Waals surface area contributed by atoms with Crippen molar-refractivity contribution in [3.63, 3.8) is 0 Å². The third kappa shape index (κ3) is 3.32. The van der Waals surface area contributed by atoms with E-state index in [1.165, 1.54) is 11.3 Å². The van der Waals surface area contributed by atoms with Crippen molar-refractivity contribution in [2.45, 2.75) is 19.4 Å². The van der Waals surface area contributed by atoms with E-state index in [2.05, 4.69) is 15.3 Å². The molecule has 0 aliphatic carbocycles. The molecule has 1 atom stereocenters. The minimum Gasteiger partial charge on any atom is -0.365 e. The van der Waals surface area contributed by atoms with E-state index in [-0.39, 0.29) is 6.04 Å². The zero-order valence-electron chi connectivity index (χ0n) is 15.7. The van der Waals surface area contributed by atoms with E-state index in [1.807, 2.05) is 38.6 Å². The average Bonchev–Trinajstić information content (AvgIpc) is 3.33. The lowest BCUT2D eigenvalue weighted by atomic mass is 10.1. The summed E-state index contributed by atoms with van der Waals surface area (Å²) in [6.45, 7) is 2.98. The van der Waals surface area contributed by atoms with Crippen LogP contribution in [0.1, 0.15) is 33.3 Å². The molecule has 0 bridgehead atoms. The lowest BCUT2D eigenvalue weighted by Gasteiger charge is -2.28. The van der Waals surface area contributed by atoms with E-state index in [1.54, 1.807) is 4.68 Å². The molecule has 4 rings (SSSR count). The Labute approximate surface area is 166 Å². The van der Waals surface area contributed by atoms with Crippen LogP contribution in [-0.4, -0.2) is 45.3 Å². The zero-order valence-corrected chi connectivity index (χ0v) is 16.5. The predicted molar refractivity (Wildman–Crippen MR) is 110 cm³/mol. The molecule has 28 heavy (non-hydrogen) atoms. The number of nitrogens with two attached hydrogens (primary N) is 2. The van der Waals surface area contributed by atoms with Gasteiger partial charge in [-0.15, -0.1) is 11.3 Å². The Morgan fingerprint density at radius 1 is 1.46 bits per heavy atom. The van der Waals surface area contributed by atoms with Crippen LogP contribution in [0.5, 0.6) is 0 Å². The fourth-order valence-corrected chi connectivity index (χ4v) is 4.28. The largest absolute Gasteiger partial charge is 0.365 e. The monoisotopic (exact) mass is 398 g/mol. The Morgan fingerprint density at radius 3 is 2.93 bits per heavy atom. The highest BCUT2D eigenvalue weighted by molar-refractivity contribution is 7.18. The SMILES string of the molecule is Cc1cc(NC2=NC(CCN)=CN3C2=NCC3c2cnn(C)c2)sc1C(N)=O. The number of primary amides is 1. The molecule has 0 fully saturated rings. The molecule has 0 saturated carbocycles. The van der Waals surface area contributed by atoms with Crippen LogP contribution in [0.2, 0.25) is 0 Å². The van der Waals surface area contributed by atoms with Crippen molar-refractivity contribution in [2.75, 3.05) is 18.4 Å². The van der Waals surface area contributed by atoms with E-state index in [9.17, 15) is 4.79 Å². The molecule has 2 aliphatic rings. The maximum atomic E-state index is 11.6. The maximum Gasteiger partial charge on any atom is 0.259 e. The molecule has 0 saturated heterocycles. The smallest absolute Gasteiger partial charge is 0.259 e. The number of thiophene rings is 1. The molecule has 2 aromatic rings. The second kappa shape index (κ2) is 7.21. The van der Waals surface area contributed by atoms with Gasteiger partial charge in [-0.2, -0.15) is 5.10 Å². The summed E-state index contributed by atoms with van der Waals surface area (Å²) in [7, 11) is 1.90. The number of carbonyl (C=O) groups is 1. The summed E-state index contributed by atoms with van der Waals surface area (Å²) in [6.07, 6.45) is 6.53. The number of aromatic nitrogens is 2. The van der Waals surface area contributed by atoms with Gasteiger partial charge in [-0.25, -0.2) is 4.99 Å². The van der Waals surface area contributed by atoms with Crippen molar-refractivity contribution in [3.8, 4) is 0 Å². The summed E-state index contributed by atoms with van der Waals surface area (Å²) < 4.78 is 1.79. The van der Waals surface area contributed by atoms with Gasteiger partial charge in [0, 0.05) is 31.4 Å². The van der Waals surface area contributed by atoms with Crippen LogP contribution >= 0.6 is 11.3 Å². The van der Waals surface area contributed by atoms with Crippen molar-refractivity contribution in [1.29, 1.82) is 0 Å². The van der Waals surface area contributed by atoms with E-state index >= 15 is 0 Å². The van der Waals surface area contributed by atoms with E-state index < -0.39 is 5.91 Å². The molecule has 1 amide bonds. The lowest BCUT2D eigenvalue weighted by molar-refractivity contribution is 0.100. The van der Waals surface area contributed by atoms with Crippen LogP contribution < -0.4 is 16.8 Å². The van der Waals surface area contributed by atoms with Gasteiger partial charge in [0.05, 0.1) is 34.4 Å². The number of amidine groups is 2. The number of rotatable bonds is 5. The van der Waals surface area contributed by atoms with Crippen LogP contribution in [0.25, 0.3) is 0 Å². The number of fused-ring (bicyclic) bond motifs is 1. The van der Waals surface area contributed by atoms with Crippen LogP contribution in [0.4, 0.5) is 5.00 Å². The standard InChI is InChI=1S/C18H22N8OS/c1-10-5-14(28-15(10)16(20)27)24-17-18-21-7-13(11-6-22-25(2)8-11)26(18)9-12(23-17)3-4-19/h5-6,8-9,13H,3-4,7,19H2,1-2H3,(H2,20,27)(H,23,24). The number of aryl methyl sites for hydroxylation is 2. The van der Waals surface area contributed by atoms with Crippen molar-refractivity contribution < 1.29 is 4.79 Å². The Bertz CT molecular complexity index is 1010. The molecule has 0 spiro atoms. The highest BCUT2D eigenvalue weighted by Crippen LogP contribution is 2.32. The number of amides is 1. The third-order valence-corrected chi connectivity index (χ3v) is 5.81. The normalized spacial score (nSPS) is 18.5. The molecular weight excluding hydrogens is 376 g/mol. The fraction of sp³-hybridized carbons (Fsp3) is 0.333. The number of carbonyl (C=O) groups excluding carboxylic acids is 1. The van der Waals surface area contributed by atoms with E-state index in [4.69, 9.17) is 21.5 Å². The number of aliphatic imine (C=N–C) groups is 2. The first-order valence-corrected chi connectivity index (χ1v) is 9.76. The predicted octanol–water partition coefficient (Wildman–Crippen LogP) is 1.36. The van der Waals surface area contributed by atoms with Crippen molar-refractivity contribution in [1.82, 2.24) is 14.7 Å². The Hall–Kier alpha value is -2.98. The molecule has 146 valence electrons. The second-order valence-electron chi connectivity index (χ2n) is 6.77. The number of nitrogens with zero attached hydrogens (tertiary/aromatic N) is 5. The van der Waals surface area contributed by atoms with Crippen molar-refractivity contribution in [2.24, 2.45) is 28.5 Å². The first-order valence-electron chi connectivity index (χ1n) is 8.94. The van der Waals surface area contributed by atoms with Crippen LogP contribution in [0.3, 0.4) is 0 Å². The highest BCUT2D eigenvalue weighted by Gasteiger charge is 2.34. The van der Waals surface area contributed by atoms with Gasteiger partial charge in [0.15, 0.2) is 11.7 Å². The molecule has 0 aromatic carbocycles. The van der Waals surface area contributed by atoms with Gasteiger partial charge >= 0.3 is 0 Å². The summed E-state index contributed by atoms with van der Waals surface area (Å²) in [5.41, 5.74) is 14.0. The minimum absolute atomic E-state index is 0.0648. The average molecular weight is 398 g/mol. The highest BCUT2D eigenvalue weighted by atomic mass is 32.1. The van der Waals surface area contributed by atoms with Crippen LogP contribution in [0, 0.1) is 6.92 Å². The number of hydrogen-bond donors (Lipinski definition) is 3. The molecule has 10 heteroatoms. The minimum atomic E-state index is -0.429. The molecule has 1 unspecified atom stereocenters. The maximum absolute atomic E-state index is 11.6. The second-order valence-corrected chi connectivity index (χ2v) is 7.82. The topological polar surface area (TPSA) is 127 Å². The van der Waals surface area contributed by atoms with E-state index in [0.717, 1.165) is 27.7 Å². The van der Waals surface area contributed by atoms with Gasteiger partial charge in [-0.05, 0) is 25.1 Å². The quantitative estimate of drug-likeness (QED) is 0.701. The van der Waals surface area contributed by atoms with Crippen LogP contribution in [0.15, 0.2) is 40.3 Å². The Kier molecular flexibility index (Phi) is 4.73. The molecule has 2 aromatic heterocycles. The molecular formula is C18H22N8OS.